The van der Waals surface area contributed by atoms with E-state index in [0.717, 1.165) is 17.8 Å². The van der Waals surface area contributed by atoms with Gasteiger partial charge in [-0.25, -0.2) is 15.2 Å². The molecule has 2 N–H and O–H groups in total. The van der Waals surface area contributed by atoms with Gasteiger partial charge in [0.05, 0.1) is 0 Å². The maximum Gasteiger partial charge on any atom is 0.426 e. The minimum absolute atomic E-state index is 0.0855. The molecule has 2 aromatic rings. The van der Waals surface area contributed by atoms with Crippen molar-refractivity contribution in [3.8, 4) is 0 Å². The normalized spacial score (nSPS) is 10.0. The van der Waals surface area contributed by atoms with E-state index in [2.05, 4.69) is 15.8 Å². The van der Waals surface area contributed by atoms with Crippen LogP contribution in [0.1, 0.15) is 18.3 Å². The smallest absolute Gasteiger partial charge is 0.426 e. The number of carbonyl (C=O) groups excluding carboxylic acids is 2. The van der Waals surface area contributed by atoms with Gasteiger partial charge in [0.2, 0.25) is 0 Å². The fourth-order valence-corrected chi connectivity index (χ4v) is 1.87. The number of amides is 2. The zero-order valence-corrected chi connectivity index (χ0v) is 12.3. The molecule has 0 aliphatic heterocycles. The van der Waals surface area contributed by atoms with E-state index in [0.29, 0.717) is 0 Å². The van der Waals surface area contributed by atoms with Crippen LogP contribution in [0.15, 0.2) is 42.7 Å². The number of hydrogen-bond donors (Lipinski definition) is 2. The lowest BCUT2D eigenvalue weighted by molar-refractivity contribution is -0.122. The number of rotatable bonds is 5. The van der Waals surface area contributed by atoms with Crippen molar-refractivity contribution in [3.05, 3.63) is 54.1 Å². The van der Waals surface area contributed by atoms with Crippen LogP contribution in [0, 0.1) is 0 Å². The molecule has 2 amide bonds. The summed E-state index contributed by atoms with van der Waals surface area (Å²) >= 11 is 0. The summed E-state index contributed by atoms with van der Waals surface area (Å²) in [6.07, 6.45) is 3.37. The van der Waals surface area contributed by atoms with Crippen molar-refractivity contribution in [2.75, 3.05) is 0 Å². The van der Waals surface area contributed by atoms with Gasteiger partial charge in [0.25, 0.3) is 5.91 Å². The highest BCUT2D eigenvalue weighted by molar-refractivity contribution is 5.78. The van der Waals surface area contributed by atoms with Crippen LogP contribution in [0.25, 0.3) is 0 Å². The molecule has 1 heterocycles. The summed E-state index contributed by atoms with van der Waals surface area (Å²) in [7, 11) is 0. The molecule has 0 bridgehead atoms. The first-order chi connectivity index (χ1) is 10.7. The molecular weight excluding hydrogens is 284 g/mol. The zero-order chi connectivity index (χ0) is 15.8. The highest BCUT2D eigenvalue weighted by Crippen LogP contribution is 2.00. The average Bonchev–Trinajstić information content (AvgIpc) is 2.99. The van der Waals surface area contributed by atoms with Gasteiger partial charge in [-0.2, -0.15) is 0 Å². The van der Waals surface area contributed by atoms with Crippen molar-refractivity contribution in [1.29, 1.82) is 0 Å². The van der Waals surface area contributed by atoms with Gasteiger partial charge in [-0.1, -0.05) is 37.3 Å². The summed E-state index contributed by atoms with van der Waals surface area (Å²) in [6.45, 7) is 2.18. The summed E-state index contributed by atoms with van der Waals surface area (Å²) in [5, 5.41) is 0. The number of aromatic nitrogens is 2. The SMILES string of the molecule is CCc1nccn1CC(=O)NNC(=O)OCc1ccccc1. The van der Waals surface area contributed by atoms with Crippen molar-refractivity contribution in [1.82, 2.24) is 20.4 Å². The lowest BCUT2D eigenvalue weighted by atomic mass is 10.2. The number of hydrazine groups is 1. The summed E-state index contributed by atoms with van der Waals surface area (Å²) < 4.78 is 6.69. The van der Waals surface area contributed by atoms with Crippen molar-refractivity contribution in [3.63, 3.8) is 0 Å². The van der Waals surface area contributed by atoms with E-state index in [1.807, 2.05) is 37.3 Å². The van der Waals surface area contributed by atoms with E-state index in [9.17, 15) is 9.59 Å². The van der Waals surface area contributed by atoms with Gasteiger partial charge in [-0.05, 0) is 5.56 Å². The second-order valence-corrected chi connectivity index (χ2v) is 4.56. The molecule has 7 heteroatoms. The fraction of sp³-hybridized carbons (Fsp3) is 0.267. The van der Waals surface area contributed by atoms with Crippen molar-refractivity contribution < 1.29 is 14.3 Å². The van der Waals surface area contributed by atoms with Crippen LogP contribution in [0.3, 0.4) is 0 Å². The Balaban J connectivity index is 1.71. The molecule has 1 aromatic carbocycles. The Labute approximate surface area is 128 Å². The van der Waals surface area contributed by atoms with Crippen LogP contribution in [-0.4, -0.2) is 21.6 Å². The monoisotopic (exact) mass is 302 g/mol. The molecule has 0 spiro atoms. The van der Waals surface area contributed by atoms with E-state index >= 15 is 0 Å². The third kappa shape index (κ3) is 4.62. The molecule has 2 rings (SSSR count). The molecule has 0 atom stereocenters. The van der Waals surface area contributed by atoms with Crippen LogP contribution in [-0.2, 0) is 29.1 Å². The van der Waals surface area contributed by atoms with Crippen LogP contribution in [0.5, 0.6) is 0 Å². The number of nitrogens with zero attached hydrogens (tertiary/aromatic N) is 2. The zero-order valence-electron chi connectivity index (χ0n) is 12.3. The number of hydrogen-bond acceptors (Lipinski definition) is 4. The predicted octanol–water partition coefficient (Wildman–Crippen LogP) is 1.40. The molecule has 0 fully saturated rings. The highest BCUT2D eigenvalue weighted by atomic mass is 16.6. The third-order valence-electron chi connectivity index (χ3n) is 2.95. The quantitative estimate of drug-likeness (QED) is 0.818. The molecule has 0 saturated heterocycles. The number of aryl methyl sites for hydroxylation is 1. The first-order valence-corrected chi connectivity index (χ1v) is 6.94. The number of ether oxygens (including phenoxy) is 1. The minimum atomic E-state index is -0.710. The maximum absolute atomic E-state index is 11.7. The molecule has 0 unspecified atom stereocenters. The number of benzene rings is 1. The van der Waals surface area contributed by atoms with Gasteiger partial charge >= 0.3 is 6.09 Å². The number of imidazole rings is 1. The van der Waals surface area contributed by atoms with Gasteiger partial charge < -0.3 is 9.30 Å². The van der Waals surface area contributed by atoms with Gasteiger partial charge in [0.15, 0.2) is 0 Å². The van der Waals surface area contributed by atoms with Crippen molar-refractivity contribution in [2.24, 2.45) is 0 Å². The second kappa shape index (κ2) is 7.82. The summed E-state index contributed by atoms with van der Waals surface area (Å²) in [5.74, 6) is 0.450. The Morgan fingerprint density at radius 1 is 1.23 bits per heavy atom. The molecule has 1 aromatic heterocycles. The fourth-order valence-electron chi connectivity index (χ4n) is 1.87. The maximum atomic E-state index is 11.7. The Morgan fingerprint density at radius 2 is 2.00 bits per heavy atom. The molecule has 0 aliphatic rings. The highest BCUT2D eigenvalue weighted by Gasteiger charge is 2.08. The van der Waals surface area contributed by atoms with E-state index in [1.165, 1.54) is 0 Å². The van der Waals surface area contributed by atoms with Gasteiger partial charge in [0.1, 0.15) is 19.0 Å². The topological polar surface area (TPSA) is 85.3 Å². The van der Waals surface area contributed by atoms with Crippen LogP contribution >= 0.6 is 0 Å². The Bertz CT molecular complexity index is 625. The van der Waals surface area contributed by atoms with E-state index in [4.69, 9.17) is 4.74 Å². The standard InChI is InChI=1S/C15H18N4O3/c1-2-13-16-8-9-19(13)10-14(20)17-18-15(21)22-11-12-6-4-3-5-7-12/h3-9H,2,10-11H2,1H3,(H,17,20)(H,18,21). The molecule has 0 radical (unpaired) electrons. The summed E-state index contributed by atoms with van der Waals surface area (Å²) in [5.41, 5.74) is 5.37. The lowest BCUT2D eigenvalue weighted by Gasteiger charge is -2.09. The predicted molar refractivity (Wildman–Crippen MR) is 79.5 cm³/mol. The molecular formula is C15H18N4O3. The van der Waals surface area contributed by atoms with E-state index in [1.54, 1.807) is 17.0 Å². The van der Waals surface area contributed by atoms with Gasteiger partial charge in [0, 0.05) is 18.8 Å². The molecule has 0 saturated carbocycles. The second-order valence-electron chi connectivity index (χ2n) is 4.56. The molecule has 22 heavy (non-hydrogen) atoms. The first-order valence-electron chi connectivity index (χ1n) is 6.94. The van der Waals surface area contributed by atoms with Gasteiger partial charge in [-0.15, -0.1) is 0 Å². The van der Waals surface area contributed by atoms with Gasteiger partial charge in [-0.3, -0.25) is 10.2 Å². The van der Waals surface area contributed by atoms with Crippen LogP contribution < -0.4 is 10.9 Å². The third-order valence-corrected chi connectivity index (χ3v) is 2.95. The summed E-state index contributed by atoms with van der Waals surface area (Å²) in [4.78, 5) is 27.3. The van der Waals surface area contributed by atoms with Crippen molar-refractivity contribution >= 4 is 12.0 Å². The molecule has 7 nitrogen and oxygen atoms in total. The largest absolute Gasteiger partial charge is 0.443 e. The molecule has 116 valence electrons. The number of carbonyl (C=O) groups is 2. The van der Waals surface area contributed by atoms with Crippen LogP contribution in [0.4, 0.5) is 4.79 Å². The first kappa shape index (κ1) is 15.6. The summed E-state index contributed by atoms with van der Waals surface area (Å²) in [6, 6.07) is 9.28. The lowest BCUT2D eigenvalue weighted by Crippen LogP contribution is -2.43. The molecule has 0 aliphatic carbocycles. The Hall–Kier alpha value is -2.83. The van der Waals surface area contributed by atoms with E-state index in [-0.39, 0.29) is 19.1 Å². The van der Waals surface area contributed by atoms with E-state index < -0.39 is 6.09 Å². The van der Waals surface area contributed by atoms with Crippen LogP contribution in [0.2, 0.25) is 0 Å². The average molecular weight is 302 g/mol. The minimum Gasteiger partial charge on any atom is -0.443 e. The Morgan fingerprint density at radius 3 is 2.73 bits per heavy atom. The van der Waals surface area contributed by atoms with Crippen molar-refractivity contribution in [2.45, 2.75) is 26.5 Å². The number of nitrogens with one attached hydrogen (secondary N) is 2. The Kier molecular flexibility index (Phi) is 5.53.